The Labute approximate surface area is 192 Å². The predicted molar refractivity (Wildman–Crippen MR) is 128 cm³/mol. The van der Waals surface area contributed by atoms with Gasteiger partial charge in [-0.25, -0.2) is 9.97 Å². The second-order valence-electron chi connectivity index (χ2n) is 10.5. The number of carbonyl (C=O) groups excluding carboxylic acids is 1. The second kappa shape index (κ2) is 9.53. The lowest BCUT2D eigenvalue weighted by atomic mass is 10.1. The van der Waals surface area contributed by atoms with Crippen LogP contribution < -0.4 is 10.2 Å². The van der Waals surface area contributed by atoms with Gasteiger partial charge in [0.1, 0.15) is 17.6 Å². The van der Waals surface area contributed by atoms with Gasteiger partial charge in [-0.15, -0.1) is 0 Å². The summed E-state index contributed by atoms with van der Waals surface area (Å²) in [6, 6.07) is 5.33. The molecular weight excluding hydrogens is 402 g/mol. The van der Waals surface area contributed by atoms with Gasteiger partial charge in [0.25, 0.3) is 0 Å². The van der Waals surface area contributed by atoms with Gasteiger partial charge in [0.2, 0.25) is 5.91 Å². The van der Waals surface area contributed by atoms with E-state index in [1.54, 1.807) is 6.20 Å². The lowest BCUT2D eigenvalue weighted by molar-refractivity contribution is -0.124. The van der Waals surface area contributed by atoms with E-state index in [1.165, 1.54) is 0 Å². The SMILES string of the molecule is CN(c1nc(-c2ccccn2)nc2c1CCC2)[C@@H](CCOC(C)(C)C)C(=O)NC(C)(C)C. The molecule has 7 nitrogen and oxygen atoms in total. The fourth-order valence-corrected chi connectivity index (χ4v) is 3.89. The predicted octanol–water partition coefficient (Wildman–Crippen LogP) is 3.95. The van der Waals surface area contributed by atoms with Gasteiger partial charge in [0.05, 0.1) is 5.60 Å². The molecular formula is C25H37N5O2. The lowest BCUT2D eigenvalue weighted by Gasteiger charge is -2.33. The molecule has 1 amide bonds. The van der Waals surface area contributed by atoms with Crippen LogP contribution in [-0.4, -0.2) is 51.7 Å². The van der Waals surface area contributed by atoms with Crippen molar-refractivity contribution in [1.82, 2.24) is 20.3 Å². The Balaban J connectivity index is 1.96. The van der Waals surface area contributed by atoms with E-state index in [9.17, 15) is 4.79 Å². The number of amides is 1. The van der Waals surface area contributed by atoms with E-state index < -0.39 is 6.04 Å². The topological polar surface area (TPSA) is 80.2 Å². The molecule has 174 valence electrons. The van der Waals surface area contributed by atoms with Crippen LogP contribution in [0.5, 0.6) is 0 Å². The maximum absolute atomic E-state index is 13.3. The number of hydrogen-bond donors (Lipinski definition) is 1. The van der Waals surface area contributed by atoms with Crippen LogP contribution in [0.15, 0.2) is 24.4 Å². The van der Waals surface area contributed by atoms with E-state index in [0.29, 0.717) is 18.9 Å². The average Bonchev–Trinajstić information content (AvgIpc) is 3.17. The van der Waals surface area contributed by atoms with Crippen molar-refractivity contribution in [3.63, 3.8) is 0 Å². The summed E-state index contributed by atoms with van der Waals surface area (Å²) in [5.41, 5.74) is 2.35. The number of aryl methyl sites for hydroxylation is 1. The van der Waals surface area contributed by atoms with Crippen LogP contribution in [0.1, 0.15) is 65.6 Å². The molecule has 0 spiro atoms. The molecule has 0 aromatic carbocycles. The summed E-state index contributed by atoms with van der Waals surface area (Å²) in [6.07, 6.45) is 5.20. The third kappa shape index (κ3) is 6.25. The van der Waals surface area contributed by atoms with E-state index in [-0.39, 0.29) is 17.0 Å². The van der Waals surface area contributed by atoms with Crippen molar-refractivity contribution in [2.45, 2.75) is 84.4 Å². The van der Waals surface area contributed by atoms with Crippen LogP contribution in [0, 0.1) is 0 Å². The number of ether oxygens (including phenoxy) is 1. The van der Waals surface area contributed by atoms with E-state index in [4.69, 9.17) is 14.7 Å². The van der Waals surface area contributed by atoms with Crippen molar-refractivity contribution in [2.24, 2.45) is 0 Å². The van der Waals surface area contributed by atoms with Crippen molar-refractivity contribution in [1.29, 1.82) is 0 Å². The molecule has 0 aliphatic heterocycles. The first-order valence-corrected chi connectivity index (χ1v) is 11.4. The van der Waals surface area contributed by atoms with Crippen LogP contribution in [-0.2, 0) is 22.4 Å². The highest BCUT2D eigenvalue weighted by Gasteiger charge is 2.31. The monoisotopic (exact) mass is 439 g/mol. The van der Waals surface area contributed by atoms with Crippen LogP contribution in [0.4, 0.5) is 5.82 Å². The molecule has 1 N–H and O–H groups in total. The summed E-state index contributed by atoms with van der Waals surface area (Å²) in [7, 11) is 1.95. The van der Waals surface area contributed by atoms with Gasteiger partial charge in [-0.1, -0.05) is 6.07 Å². The standard InChI is InChI=1S/C25H37N5O2/c1-24(2,3)29-23(31)20(14-16-32-25(4,5)6)30(7)22-17-11-10-13-18(17)27-21(28-22)19-12-8-9-15-26-19/h8-9,12,15,20H,10-11,13-14,16H2,1-7H3,(H,29,31)/t20-/m0/s1. The van der Waals surface area contributed by atoms with Crippen molar-refractivity contribution in [2.75, 3.05) is 18.6 Å². The first-order valence-electron chi connectivity index (χ1n) is 11.4. The Hall–Kier alpha value is -2.54. The van der Waals surface area contributed by atoms with Gasteiger partial charge in [0, 0.05) is 43.1 Å². The number of carbonyl (C=O) groups is 1. The molecule has 0 bridgehead atoms. The third-order valence-electron chi connectivity index (χ3n) is 5.33. The van der Waals surface area contributed by atoms with Crippen LogP contribution in [0.3, 0.4) is 0 Å². The zero-order chi connectivity index (χ0) is 23.5. The zero-order valence-corrected chi connectivity index (χ0v) is 20.5. The van der Waals surface area contributed by atoms with Crippen molar-refractivity contribution in [3.05, 3.63) is 35.7 Å². The first kappa shape index (κ1) is 24.1. The Bertz CT molecular complexity index is 932. The quantitative estimate of drug-likeness (QED) is 0.704. The van der Waals surface area contributed by atoms with Gasteiger partial charge in [-0.3, -0.25) is 9.78 Å². The fraction of sp³-hybridized carbons (Fsp3) is 0.600. The second-order valence-corrected chi connectivity index (χ2v) is 10.5. The molecule has 0 unspecified atom stereocenters. The highest BCUT2D eigenvalue weighted by atomic mass is 16.5. The minimum atomic E-state index is -0.409. The first-order chi connectivity index (χ1) is 14.9. The third-order valence-corrected chi connectivity index (χ3v) is 5.33. The largest absolute Gasteiger partial charge is 0.376 e. The molecule has 1 aliphatic rings. The molecule has 2 aromatic heterocycles. The van der Waals surface area contributed by atoms with Gasteiger partial charge >= 0.3 is 0 Å². The Morgan fingerprint density at radius 2 is 1.91 bits per heavy atom. The average molecular weight is 440 g/mol. The number of rotatable bonds is 7. The summed E-state index contributed by atoms with van der Waals surface area (Å²) in [5, 5.41) is 3.14. The van der Waals surface area contributed by atoms with Crippen LogP contribution in [0.25, 0.3) is 11.5 Å². The van der Waals surface area contributed by atoms with Crippen molar-refractivity contribution >= 4 is 11.7 Å². The van der Waals surface area contributed by atoms with Crippen LogP contribution in [0.2, 0.25) is 0 Å². The number of pyridine rings is 1. The Morgan fingerprint density at radius 3 is 2.53 bits per heavy atom. The maximum Gasteiger partial charge on any atom is 0.243 e. The van der Waals surface area contributed by atoms with Crippen molar-refractivity contribution < 1.29 is 9.53 Å². The molecule has 1 aliphatic carbocycles. The lowest BCUT2D eigenvalue weighted by Crippen LogP contribution is -2.52. The molecule has 0 saturated carbocycles. The highest BCUT2D eigenvalue weighted by molar-refractivity contribution is 5.85. The minimum Gasteiger partial charge on any atom is -0.376 e. The maximum atomic E-state index is 13.3. The molecule has 1 atom stereocenters. The van der Waals surface area contributed by atoms with Gasteiger partial charge < -0.3 is 15.0 Å². The molecule has 3 rings (SSSR count). The normalized spacial score (nSPS) is 14.7. The summed E-state index contributed by atoms with van der Waals surface area (Å²) in [5.74, 6) is 1.40. The van der Waals surface area contributed by atoms with Crippen molar-refractivity contribution in [3.8, 4) is 11.5 Å². The highest BCUT2D eigenvalue weighted by Crippen LogP contribution is 2.32. The minimum absolute atomic E-state index is 0.0257. The number of nitrogens with one attached hydrogen (secondary N) is 1. The summed E-state index contributed by atoms with van der Waals surface area (Å²) in [6.45, 7) is 12.5. The molecule has 0 fully saturated rings. The fourth-order valence-electron chi connectivity index (χ4n) is 3.89. The smallest absolute Gasteiger partial charge is 0.243 e. The summed E-state index contributed by atoms with van der Waals surface area (Å²) >= 11 is 0. The molecule has 7 heteroatoms. The number of fused-ring (bicyclic) bond motifs is 1. The molecule has 32 heavy (non-hydrogen) atoms. The van der Waals surface area contributed by atoms with E-state index in [2.05, 4.69) is 10.3 Å². The van der Waals surface area contributed by atoms with E-state index in [0.717, 1.165) is 42.0 Å². The van der Waals surface area contributed by atoms with Gasteiger partial charge in [-0.05, 0) is 72.9 Å². The Kier molecular flexibility index (Phi) is 7.18. The number of aromatic nitrogens is 3. The van der Waals surface area contributed by atoms with E-state index in [1.807, 2.05) is 71.7 Å². The number of anilines is 1. The Morgan fingerprint density at radius 1 is 1.16 bits per heavy atom. The number of likely N-dealkylation sites (N-methyl/N-ethyl adjacent to an activating group) is 1. The van der Waals surface area contributed by atoms with Gasteiger partial charge in [-0.2, -0.15) is 0 Å². The molecule has 0 radical (unpaired) electrons. The number of hydrogen-bond acceptors (Lipinski definition) is 6. The van der Waals surface area contributed by atoms with Gasteiger partial charge in [0.15, 0.2) is 5.82 Å². The van der Waals surface area contributed by atoms with E-state index >= 15 is 0 Å². The zero-order valence-electron chi connectivity index (χ0n) is 20.5. The molecule has 2 heterocycles. The molecule has 0 saturated heterocycles. The molecule has 2 aromatic rings. The number of nitrogens with zero attached hydrogens (tertiary/aromatic N) is 4. The summed E-state index contributed by atoms with van der Waals surface area (Å²) in [4.78, 5) is 29.5. The summed E-state index contributed by atoms with van der Waals surface area (Å²) < 4.78 is 5.96. The van der Waals surface area contributed by atoms with Crippen LogP contribution >= 0.6 is 0 Å².